The molecule has 0 amide bonds. The molecule has 1 aromatic carbocycles. The van der Waals surface area contributed by atoms with Crippen molar-refractivity contribution in [1.29, 1.82) is 0 Å². The standard InChI is InChI=1S/C22H19F3N6O/c1-2-3-10-32-21-27-12-16(13-28-21)18-9-6-15(11-26-18)20-29-19(30-31-20)14-4-7-17(8-5-14)22(23,24)25/h4-9,11-13H,2-3,10H2,1H3,(H,29,30,31). The molecule has 0 aliphatic carbocycles. The van der Waals surface area contributed by atoms with E-state index in [-0.39, 0.29) is 0 Å². The Bertz CT molecular complexity index is 1160. The van der Waals surface area contributed by atoms with Crippen LogP contribution in [0.15, 0.2) is 55.0 Å². The van der Waals surface area contributed by atoms with Crippen LogP contribution in [0.3, 0.4) is 0 Å². The van der Waals surface area contributed by atoms with Crippen LogP contribution in [0.4, 0.5) is 13.2 Å². The van der Waals surface area contributed by atoms with E-state index in [0.29, 0.717) is 41.1 Å². The number of pyridine rings is 1. The summed E-state index contributed by atoms with van der Waals surface area (Å²) in [5.41, 5.74) is 1.85. The third-order valence-corrected chi connectivity index (χ3v) is 4.65. The lowest BCUT2D eigenvalue weighted by Crippen LogP contribution is -2.04. The Balaban J connectivity index is 1.46. The predicted molar refractivity (Wildman–Crippen MR) is 111 cm³/mol. The summed E-state index contributed by atoms with van der Waals surface area (Å²) in [6.07, 6.45) is 2.49. The summed E-state index contributed by atoms with van der Waals surface area (Å²) in [7, 11) is 0. The van der Waals surface area contributed by atoms with Crippen LogP contribution < -0.4 is 4.74 Å². The zero-order chi connectivity index (χ0) is 22.6. The molecule has 0 radical (unpaired) electrons. The van der Waals surface area contributed by atoms with Crippen molar-refractivity contribution in [2.45, 2.75) is 25.9 Å². The molecule has 0 atom stereocenters. The first-order valence-electron chi connectivity index (χ1n) is 9.95. The third kappa shape index (κ3) is 4.90. The summed E-state index contributed by atoms with van der Waals surface area (Å²) in [6.45, 7) is 2.66. The molecule has 4 rings (SSSR count). The Morgan fingerprint density at radius 1 is 0.875 bits per heavy atom. The number of aromatic nitrogens is 6. The highest BCUT2D eigenvalue weighted by Crippen LogP contribution is 2.30. The van der Waals surface area contributed by atoms with Gasteiger partial charge in [0.25, 0.3) is 0 Å². The largest absolute Gasteiger partial charge is 0.463 e. The van der Waals surface area contributed by atoms with Crippen LogP contribution in [-0.4, -0.2) is 36.7 Å². The number of unbranched alkanes of at least 4 members (excludes halogenated alkanes) is 1. The monoisotopic (exact) mass is 440 g/mol. The number of aromatic amines is 1. The molecule has 10 heteroatoms. The maximum Gasteiger partial charge on any atom is 0.416 e. The summed E-state index contributed by atoms with van der Waals surface area (Å²) in [4.78, 5) is 17.2. The number of ether oxygens (including phenoxy) is 1. The molecule has 4 aromatic rings. The molecular weight excluding hydrogens is 421 g/mol. The Morgan fingerprint density at radius 3 is 2.19 bits per heavy atom. The van der Waals surface area contributed by atoms with Gasteiger partial charge < -0.3 is 4.74 Å². The Hall–Kier alpha value is -3.82. The van der Waals surface area contributed by atoms with E-state index >= 15 is 0 Å². The first-order valence-corrected chi connectivity index (χ1v) is 9.95. The van der Waals surface area contributed by atoms with Gasteiger partial charge in [-0.1, -0.05) is 25.5 Å². The van der Waals surface area contributed by atoms with Crippen molar-refractivity contribution >= 4 is 0 Å². The number of hydrogen-bond donors (Lipinski definition) is 1. The van der Waals surface area contributed by atoms with Gasteiger partial charge in [0.05, 0.1) is 17.9 Å². The molecule has 32 heavy (non-hydrogen) atoms. The Morgan fingerprint density at radius 2 is 1.56 bits per heavy atom. The van der Waals surface area contributed by atoms with Crippen molar-refractivity contribution < 1.29 is 17.9 Å². The maximum atomic E-state index is 12.7. The van der Waals surface area contributed by atoms with Crippen molar-refractivity contribution in [1.82, 2.24) is 30.1 Å². The SMILES string of the molecule is CCCCOc1ncc(-c2ccc(-c3n[nH]c(-c4ccc(C(F)(F)F)cc4)n3)cn2)cn1. The lowest BCUT2D eigenvalue weighted by atomic mass is 10.1. The molecular formula is C22H19F3N6O. The number of halogens is 3. The molecule has 0 unspecified atom stereocenters. The lowest BCUT2D eigenvalue weighted by molar-refractivity contribution is -0.137. The third-order valence-electron chi connectivity index (χ3n) is 4.65. The van der Waals surface area contributed by atoms with Gasteiger partial charge in [-0.25, -0.2) is 15.0 Å². The fourth-order valence-electron chi connectivity index (χ4n) is 2.86. The first kappa shape index (κ1) is 21.4. The van der Waals surface area contributed by atoms with Crippen molar-refractivity contribution in [3.05, 3.63) is 60.6 Å². The highest BCUT2D eigenvalue weighted by molar-refractivity contribution is 5.64. The van der Waals surface area contributed by atoms with Crippen LogP contribution in [0, 0.1) is 0 Å². The summed E-state index contributed by atoms with van der Waals surface area (Å²) in [5.74, 6) is 0.750. The summed E-state index contributed by atoms with van der Waals surface area (Å²) in [6, 6.07) is 8.64. The summed E-state index contributed by atoms with van der Waals surface area (Å²) >= 11 is 0. The summed E-state index contributed by atoms with van der Waals surface area (Å²) < 4.78 is 43.6. The second kappa shape index (κ2) is 9.13. The van der Waals surface area contributed by atoms with Gasteiger partial charge in [-0.3, -0.25) is 10.1 Å². The number of alkyl halides is 3. The van der Waals surface area contributed by atoms with Crippen molar-refractivity contribution in [2.75, 3.05) is 6.61 Å². The number of rotatable bonds is 7. The summed E-state index contributed by atoms with van der Waals surface area (Å²) in [5, 5.41) is 6.89. The van der Waals surface area contributed by atoms with Crippen LogP contribution in [-0.2, 0) is 6.18 Å². The minimum atomic E-state index is -4.38. The molecule has 7 nitrogen and oxygen atoms in total. The minimum Gasteiger partial charge on any atom is -0.463 e. The van der Waals surface area contributed by atoms with Gasteiger partial charge in [0.2, 0.25) is 0 Å². The number of benzene rings is 1. The van der Waals surface area contributed by atoms with Crippen molar-refractivity contribution in [2.24, 2.45) is 0 Å². The molecule has 0 saturated carbocycles. The molecule has 3 heterocycles. The first-order chi connectivity index (χ1) is 15.4. The maximum absolute atomic E-state index is 12.7. The van der Waals surface area contributed by atoms with Gasteiger partial charge in [-0.15, -0.1) is 0 Å². The molecule has 1 N–H and O–H groups in total. The van der Waals surface area contributed by atoms with Crippen LogP contribution in [0.25, 0.3) is 34.0 Å². The van der Waals surface area contributed by atoms with Gasteiger partial charge in [0.15, 0.2) is 11.6 Å². The average Bonchev–Trinajstić information content (AvgIpc) is 3.30. The van der Waals surface area contributed by atoms with Crippen LogP contribution in [0.5, 0.6) is 6.01 Å². The fraction of sp³-hybridized carbons (Fsp3) is 0.227. The molecule has 0 spiro atoms. The highest BCUT2D eigenvalue weighted by atomic mass is 19.4. The van der Waals surface area contributed by atoms with E-state index in [1.807, 2.05) is 0 Å². The van der Waals surface area contributed by atoms with Gasteiger partial charge in [0, 0.05) is 35.3 Å². The van der Waals surface area contributed by atoms with E-state index in [1.165, 1.54) is 12.1 Å². The van der Waals surface area contributed by atoms with Crippen molar-refractivity contribution in [3.8, 4) is 40.0 Å². The molecule has 0 aliphatic heterocycles. The second-order valence-corrected chi connectivity index (χ2v) is 6.97. The van der Waals surface area contributed by atoms with Crippen LogP contribution in [0.1, 0.15) is 25.3 Å². The van der Waals surface area contributed by atoms with Gasteiger partial charge in [-0.2, -0.15) is 18.3 Å². The number of H-pyrrole nitrogens is 1. The molecule has 0 aliphatic rings. The number of hydrogen-bond acceptors (Lipinski definition) is 6. The van der Waals surface area contributed by atoms with E-state index in [2.05, 4.69) is 37.1 Å². The van der Waals surface area contributed by atoms with Gasteiger partial charge in [0.1, 0.15) is 0 Å². The van der Waals surface area contributed by atoms with E-state index in [0.717, 1.165) is 30.5 Å². The lowest BCUT2D eigenvalue weighted by Gasteiger charge is -2.06. The molecule has 0 saturated heterocycles. The number of nitrogens with one attached hydrogen (secondary N) is 1. The molecule has 164 valence electrons. The quantitative estimate of drug-likeness (QED) is 0.398. The van der Waals surface area contributed by atoms with Gasteiger partial charge >= 0.3 is 12.2 Å². The number of nitrogens with zero attached hydrogens (tertiary/aromatic N) is 5. The van der Waals surface area contributed by atoms with Crippen LogP contribution in [0.2, 0.25) is 0 Å². The van der Waals surface area contributed by atoms with E-state index < -0.39 is 11.7 Å². The molecule has 0 bridgehead atoms. The zero-order valence-electron chi connectivity index (χ0n) is 17.1. The predicted octanol–water partition coefficient (Wildman–Crippen LogP) is 5.19. The Kier molecular flexibility index (Phi) is 6.11. The average molecular weight is 440 g/mol. The molecule has 3 aromatic heterocycles. The minimum absolute atomic E-state index is 0.329. The van der Waals surface area contributed by atoms with Gasteiger partial charge in [-0.05, 0) is 30.7 Å². The van der Waals surface area contributed by atoms with E-state index in [1.54, 1.807) is 30.7 Å². The smallest absolute Gasteiger partial charge is 0.416 e. The van der Waals surface area contributed by atoms with E-state index in [4.69, 9.17) is 4.74 Å². The second-order valence-electron chi connectivity index (χ2n) is 6.97. The normalized spacial score (nSPS) is 11.5. The zero-order valence-corrected chi connectivity index (χ0v) is 17.1. The van der Waals surface area contributed by atoms with Crippen molar-refractivity contribution in [3.63, 3.8) is 0 Å². The van der Waals surface area contributed by atoms with Crippen LogP contribution >= 0.6 is 0 Å². The van der Waals surface area contributed by atoms with E-state index in [9.17, 15) is 13.2 Å². The highest BCUT2D eigenvalue weighted by Gasteiger charge is 2.30. The molecule has 0 fully saturated rings. The Labute approximate surface area is 181 Å². The topological polar surface area (TPSA) is 89.5 Å². The fourth-order valence-corrected chi connectivity index (χ4v) is 2.86.